The molecule has 8 heteroatoms. The van der Waals surface area contributed by atoms with Crippen LogP contribution in [-0.4, -0.2) is 32.8 Å². The Hall–Kier alpha value is -1.99. The summed E-state index contributed by atoms with van der Waals surface area (Å²) in [5.74, 6) is -0.371. The van der Waals surface area contributed by atoms with Gasteiger partial charge in [-0.25, -0.2) is 9.78 Å². The molecule has 2 aromatic rings. The van der Waals surface area contributed by atoms with E-state index in [1.165, 1.54) is 11.8 Å². The highest BCUT2D eigenvalue weighted by Crippen LogP contribution is 2.25. The molecule has 0 fully saturated rings. The van der Waals surface area contributed by atoms with Crippen molar-refractivity contribution in [2.45, 2.75) is 37.2 Å². The van der Waals surface area contributed by atoms with Crippen LogP contribution in [-0.2, 0) is 4.79 Å². The summed E-state index contributed by atoms with van der Waals surface area (Å²) in [6.07, 6.45) is 3.47. The van der Waals surface area contributed by atoms with Crippen molar-refractivity contribution in [3.63, 3.8) is 0 Å². The van der Waals surface area contributed by atoms with E-state index in [4.69, 9.17) is 11.6 Å². The van der Waals surface area contributed by atoms with Gasteiger partial charge in [0.05, 0.1) is 5.25 Å². The average Bonchev–Trinajstić information content (AvgIpc) is 2.95. The number of hydrogen-bond donors (Lipinski definition) is 2. The normalized spacial score (nSPS) is 12.0. The molecule has 0 aliphatic rings. The van der Waals surface area contributed by atoms with Crippen LogP contribution in [0.25, 0.3) is 5.69 Å². The van der Waals surface area contributed by atoms with Crippen LogP contribution in [0.3, 0.4) is 0 Å². The molecule has 1 heterocycles. The van der Waals surface area contributed by atoms with Crippen LogP contribution >= 0.6 is 23.4 Å². The van der Waals surface area contributed by atoms with E-state index in [-0.39, 0.29) is 11.9 Å². The standard InChI is InChI=1S/C16H19ClN4O2S/c1-10(2)19-15(23)20-14(22)11(3)24-16-18-8-9-21(16)13-6-4-12(17)5-7-13/h4-11H,1-3H3,(H2,19,20,22,23)/t11-/m0/s1. The number of benzene rings is 1. The Morgan fingerprint density at radius 1 is 1.21 bits per heavy atom. The number of aromatic nitrogens is 2. The fourth-order valence-corrected chi connectivity index (χ4v) is 2.91. The number of hydrogen-bond acceptors (Lipinski definition) is 4. The van der Waals surface area contributed by atoms with Gasteiger partial charge in [0.2, 0.25) is 5.91 Å². The number of amides is 3. The van der Waals surface area contributed by atoms with Crippen LogP contribution in [0.15, 0.2) is 41.8 Å². The highest BCUT2D eigenvalue weighted by molar-refractivity contribution is 8.00. The summed E-state index contributed by atoms with van der Waals surface area (Å²) < 4.78 is 1.86. The van der Waals surface area contributed by atoms with Gasteiger partial charge in [-0.15, -0.1) is 0 Å². The SMILES string of the molecule is CC(C)NC(=O)NC(=O)[C@H](C)Sc1nccn1-c1ccc(Cl)cc1. The van der Waals surface area contributed by atoms with Gasteiger partial charge in [-0.2, -0.15) is 0 Å². The van der Waals surface area contributed by atoms with Crippen molar-refractivity contribution in [2.75, 3.05) is 0 Å². The zero-order valence-corrected chi connectivity index (χ0v) is 15.2. The number of rotatable bonds is 5. The van der Waals surface area contributed by atoms with E-state index in [1.54, 1.807) is 25.3 Å². The molecule has 1 aromatic carbocycles. The number of halogens is 1. The Labute approximate surface area is 150 Å². The summed E-state index contributed by atoms with van der Waals surface area (Å²) >= 11 is 7.17. The maximum atomic E-state index is 12.1. The second kappa shape index (κ2) is 8.21. The molecular formula is C16H19ClN4O2S. The predicted molar refractivity (Wildman–Crippen MR) is 95.7 cm³/mol. The van der Waals surface area contributed by atoms with E-state index in [9.17, 15) is 9.59 Å². The first-order chi connectivity index (χ1) is 11.4. The third kappa shape index (κ3) is 5.01. The Morgan fingerprint density at radius 3 is 2.50 bits per heavy atom. The van der Waals surface area contributed by atoms with Crippen LogP contribution in [0, 0.1) is 0 Å². The summed E-state index contributed by atoms with van der Waals surface area (Å²) in [6, 6.07) is 6.78. The number of thioether (sulfide) groups is 1. The van der Waals surface area contributed by atoms with E-state index < -0.39 is 11.3 Å². The molecule has 0 unspecified atom stereocenters. The van der Waals surface area contributed by atoms with Crippen LogP contribution in [0.1, 0.15) is 20.8 Å². The number of nitrogens with zero attached hydrogens (tertiary/aromatic N) is 2. The molecular weight excluding hydrogens is 348 g/mol. The van der Waals surface area contributed by atoms with Crippen molar-refractivity contribution in [1.29, 1.82) is 0 Å². The number of imide groups is 1. The van der Waals surface area contributed by atoms with Gasteiger partial charge in [0, 0.05) is 29.1 Å². The van der Waals surface area contributed by atoms with Crippen LogP contribution in [0.2, 0.25) is 5.02 Å². The Balaban J connectivity index is 2.03. The maximum Gasteiger partial charge on any atom is 0.321 e. The lowest BCUT2D eigenvalue weighted by Crippen LogP contribution is -2.45. The summed E-state index contributed by atoms with van der Waals surface area (Å²) in [6.45, 7) is 5.37. The molecule has 0 radical (unpaired) electrons. The molecule has 0 saturated heterocycles. The van der Waals surface area contributed by atoms with Crippen molar-refractivity contribution in [1.82, 2.24) is 20.2 Å². The second-order valence-electron chi connectivity index (χ2n) is 5.43. The number of carbonyl (C=O) groups excluding carboxylic acids is 2. The van der Waals surface area contributed by atoms with Gasteiger partial charge in [-0.05, 0) is 45.0 Å². The number of nitrogens with one attached hydrogen (secondary N) is 2. The zero-order valence-electron chi connectivity index (χ0n) is 13.6. The minimum atomic E-state index is -0.497. The largest absolute Gasteiger partial charge is 0.336 e. The van der Waals surface area contributed by atoms with Crippen molar-refractivity contribution in [3.8, 4) is 5.69 Å². The van der Waals surface area contributed by atoms with Gasteiger partial charge < -0.3 is 5.32 Å². The summed E-state index contributed by atoms with van der Waals surface area (Å²) in [5, 5.41) is 5.77. The molecule has 1 atom stereocenters. The maximum absolute atomic E-state index is 12.1. The Morgan fingerprint density at radius 2 is 1.88 bits per heavy atom. The highest BCUT2D eigenvalue weighted by Gasteiger charge is 2.20. The van der Waals surface area contributed by atoms with Crippen molar-refractivity contribution >= 4 is 35.3 Å². The summed E-state index contributed by atoms with van der Waals surface area (Å²) in [7, 11) is 0. The average molecular weight is 367 g/mol. The molecule has 3 amide bonds. The lowest BCUT2D eigenvalue weighted by atomic mass is 10.3. The monoisotopic (exact) mass is 366 g/mol. The molecule has 128 valence electrons. The fraction of sp³-hybridized carbons (Fsp3) is 0.312. The lowest BCUT2D eigenvalue weighted by Gasteiger charge is -2.14. The topological polar surface area (TPSA) is 76.0 Å². The first kappa shape index (κ1) is 18.4. The molecule has 1 aromatic heterocycles. The van der Waals surface area contributed by atoms with E-state index in [0.29, 0.717) is 10.2 Å². The van der Waals surface area contributed by atoms with Crippen LogP contribution in [0.4, 0.5) is 4.79 Å². The van der Waals surface area contributed by atoms with E-state index in [0.717, 1.165) is 5.69 Å². The lowest BCUT2D eigenvalue weighted by molar-refractivity contribution is -0.119. The Kier molecular flexibility index (Phi) is 6.28. The van der Waals surface area contributed by atoms with E-state index >= 15 is 0 Å². The Bertz CT molecular complexity index is 715. The predicted octanol–water partition coefficient (Wildman–Crippen LogP) is 3.24. The third-order valence-corrected chi connectivity index (χ3v) is 4.35. The third-order valence-electron chi connectivity index (χ3n) is 3.02. The first-order valence-electron chi connectivity index (χ1n) is 7.44. The number of carbonyl (C=O) groups is 2. The molecule has 2 rings (SSSR count). The molecule has 0 bridgehead atoms. The smallest absolute Gasteiger partial charge is 0.321 e. The fourth-order valence-electron chi connectivity index (χ4n) is 1.90. The first-order valence-corrected chi connectivity index (χ1v) is 8.70. The molecule has 0 aliphatic carbocycles. The zero-order chi connectivity index (χ0) is 17.7. The van der Waals surface area contributed by atoms with E-state index in [2.05, 4.69) is 15.6 Å². The molecule has 24 heavy (non-hydrogen) atoms. The van der Waals surface area contributed by atoms with Crippen LogP contribution in [0.5, 0.6) is 0 Å². The van der Waals surface area contributed by atoms with E-state index in [1.807, 2.05) is 36.7 Å². The molecule has 6 nitrogen and oxygen atoms in total. The van der Waals surface area contributed by atoms with Crippen molar-refractivity contribution in [2.24, 2.45) is 0 Å². The second-order valence-corrected chi connectivity index (χ2v) is 7.18. The molecule has 0 saturated carbocycles. The quantitative estimate of drug-likeness (QED) is 0.796. The van der Waals surface area contributed by atoms with Gasteiger partial charge in [0.15, 0.2) is 5.16 Å². The van der Waals surface area contributed by atoms with Crippen molar-refractivity contribution < 1.29 is 9.59 Å². The van der Waals surface area contributed by atoms with Crippen LogP contribution < -0.4 is 10.6 Å². The van der Waals surface area contributed by atoms with Gasteiger partial charge in [-0.3, -0.25) is 14.7 Å². The van der Waals surface area contributed by atoms with Gasteiger partial charge in [0.1, 0.15) is 0 Å². The molecule has 0 aliphatic heterocycles. The minimum absolute atomic E-state index is 0.0374. The highest BCUT2D eigenvalue weighted by atomic mass is 35.5. The van der Waals surface area contributed by atoms with Crippen molar-refractivity contribution in [3.05, 3.63) is 41.7 Å². The summed E-state index contributed by atoms with van der Waals surface area (Å²) in [5.41, 5.74) is 0.893. The molecule has 2 N–H and O–H groups in total. The molecule has 0 spiro atoms. The summed E-state index contributed by atoms with van der Waals surface area (Å²) in [4.78, 5) is 28.0. The minimum Gasteiger partial charge on any atom is -0.336 e. The van der Waals surface area contributed by atoms with Gasteiger partial charge in [0.25, 0.3) is 0 Å². The van der Waals surface area contributed by atoms with Gasteiger partial charge >= 0.3 is 6.03 Å². The number of urea groups is 1. The van der Waals surface area contributed by atoms with Gasteiger partial charge in [-0.1, -0.05) is 23.4 Å². The number of imidazole rings is 1.